The zero-order chi connectivity index (χ0) is 12.5. The molecule has 0 aliphatic carbocycles. The SMILES string of the molecule is C=CCCN1C2CCC1CC(n1cc(Br)cn1)C2. The van der Waals surface area contributed by atoms with Crippen LogP contribution in [0.5, 0.6) is 0 Å². The van der Waals surface area contributed by atoms with Crippen molar-refractivity contribution in [2.45, 2.75) is 50.2 Å². The van der Waals surface area contributed by atoms with Gasteiger partial charge in [0.05, 0.1) is 16.7 Å². The van der Waals surface area contributed by atoms with E-state index in [9.17, 15) is 0 Å². The van der Waals surface area contributed by atoms with Gasteiger partial charge in [-0.15, -0.1) is 6.58 Å². The Morgan fingerprint density at radius 1 is 1.33 bits per heavy atom. The van der Waals surface area contributed by atoms with E-state index < -0.39 is 0 Å². The van der Waals surface area contributed by atoms with E-state index in [0.717, 1.165) is 23.0 Å². The number of fused-ring (bicyclic) bond motifs is 2. The summed E-state index contributed by atoms with van der Waals surface area (Å²) in [5.41, 5.74) is 0. The number of nitrogens with zero attached hydrogens (tertiary/aromatic N) is 3. The summed E-state index contributed by atoms with van der Waals surface area (Å²) in [6.45, 7) is 5.02. The van der Waals surface area contributed by atoms with E-state index in [0.29, 0.717) is 6.04 Å². The normalized spacial score (nSPS) is 31.7. The zero-order valence-corrected chi connectivity index (χ0v) is 12.2. The summed E-state index contributed by atoms with van der Waals surface area (Å²) in [4.78, 5) is 2.71. The van der Waals surface area contributed by atoms with Crippen LogP contribution in [0.3, 0.4) is 0 Å². The molecule has 3 heterocycles. The molecular formula is C14H20BrN3. The van der Waals surface area contributed by atoms with Crippen molar-refractivity contribution >= 4 is 15.9 Å². The first-order chi connectivity index (χ1) is 8.78. The number of aromatic nitrogens is 2. The molecule has 0 amide bonds. The van der Waals surface area contributed by atoms with E-state index in [1.807, 2.05) is 12.3 Å². The van der Waals surface area contributed by atoms with Crippen molar-refractivity contribution < 1.29 is 0 Å². The molecule has 0 aromatic carbocycles. The average molecular weight is 310 g/mol. The van der Waals surface area contributed by atoms with Crippen molar-refractivity contribution in [2.75, 3.05) is 6.54 Å². The first-order valence-electron chi connectivity index (χ1n) is 6.84. The van der Waals surface area contributed by atoms with E-state index in [-0.39, 0.29) is 0 Å². The Bertz CT molecular complexity index is 414. The molecule has 3 rings (SSSR count). The number of piperidine rings is 1. The number of rotatable bonds is 4. The van der Waals surface area contributed by atoms with Gasteiger partial charge in [0, 0.05) is 24.8 Å². The van der Waals surface area contributed by atoms with Crippen LogP contribution in [0.1, 0.15) is 38.1 Å². The maximum Gasteiger partial charge on any atom is 0.0632 e. The van der Waals surface area contributed by atoms with Crippen LogP contribution in [0, 0.1) is 0 Å². The minimum atomic E-state index is 0.591. The van der Waals surface area contributed by atoms with E-state index in [1.165, 1.54) is 32.2 Å². The minimum Gasteiger partial charge on any atom is -0.297 e. The van der Waals surface area contributed by atoms with Crippen LogP contribution >= 0.6 is 15.9 Å². The van der Waals surface area contributed by atoms with Crippen molar-refractivity contribution in [3.63, 3.8) is 0 Å². The number of hydrogen-bond acceptors (Lipinski definition) is 2. The van der Waals surface area contributed by atoms with Gasteiger partial charge in [-0.2, -0.15) is 5.10 Å². The highest BCUT2D eigenvalue weighted by molar-refractivity contribution is 9.10. The van der Waals surface area contributed by atoms with Crippen LogP contribution in [-0.4, -0.2) is 33.3 Å². The summed E-state index contributed by atoms with van der Waals surface area (Å²) in [6, 6.07) is 2.11. The van der Waals surface area contributed by atoms with E-state index in [1.54, 1.807) is 0 Å². The van der Waals surface area contributed by atoms with Crippen LogP contribution in [0.4, 0.5) is 0 Å². The van der Waals surface area contributed by atoms with Crippen LogP contribution < -0.4 is 0 Å². The van der Waals surface area contributed by atoms with Gasteiger partial charge in [-0.1, -0.05) is 6.08 Å². The molecule has 0 saturated carbocycles. The second-order valence-corrected chi connectivity index (χ2v) is 6.38. The van der Waals surface area contributed by atoms with Crippen molar-refractivity contribution in [1.82, 2.24) is 14.7 Å². The molecule has 4 heteroatoms. The molecule has 3 nitrogen and oxygen atoms in total. The molecule has 2 aliphatic rings. The predicted octanol–water partition coefficient (Wildman–Crippen LogP) is 3.39. The van der Waals surface area contributed by atoms with Crippen LogP contribution in [0.15, 0.2) is 29.5 Å². The molecule has 2 aliphatic heterocycles. The molecule has 0 N–H and O–H groups in total. The summed E-state index contributed by atoms with van der Waals surface area (Å²) >= 11 is 3.49. The standard InChI is InChI=1S/C14H20BrN3/c1-2-3-6-17-12-4-5-13(17)8-14(7-12)18-10-11(15)9-16-18/h2,9-10,12-14H,1,3-8H2. The molecule has 2 unspecified atom stereocenters. The largest absolute Gasteiger partial charge is 0.297 e. The Labute approximate surface area is 117 Å². The summed E-state index contributed by atoms with van der Waals surface area (Å²) < 4.78 is 3.24. The molecule has 1 aromatic heterocycles. The number of halogens is 1. The second-order valence-electron chi connectivity index (χ2n) is 5.46. The Morgan fingerprint density at radius 2 is 2.06 bits per heavy atom. The highest BCUT2D eigenvalue weighted by Gasteiger charge is 2.40. The van der Waals surface area contributed by atoms with E-state index in [4.69, 9.17) is 0 Å². The summed E-state index contributed by atoms with van der Waals surface area (Å²) in [5, 5.41) is 4.46. The van der Waals surface area contributed by atoms with Gasteiger partial charge >= 0.3 is 0 Å². The monoisotopic (exact) mass is 309 g/mol. The maximum atomic E-state index is 4.46. The van der Waals surface area contributed by atoms with Gasteiger partial charge in [0.25, 0.3) is 0 Å². The number of hydrogen-bond donors (Lipinski definition) is 0. The lowest BCUT2D eigenvalue weighted by atomic mass is 9.97. The summed E-state index contributed by atoms with van der Waals surface area (Å²) in [6.07, 6.45) is 12.4. The third-order valence-corrected chi connectivity index (χ3v) is 4.80. The van der Waals surface area contributed by atoms with Crippen LogP contribution in [-0.2, 0) is 0 Å². The molecular weight excluding hydrogens is 290 g/mol. The summed E-state index contributed by atoms with van der Waals surface area (Å²) in [7, 11) is 0. The van der Waals surface area contributed by atoms with Gasteiger partial charge in [0.2, 0.25) is 0 Å². The molecule has 2 bridgehead atoms. The Kier molecular flexibility index (Phi) is 3.57. The minimum absolute atomic E-state index is 0.591. The Morgan fingerprint density at radius 3 is 2.61 bits per heavy atom. The molecule has 2 fully saturated rings. The van der Waals surface area contributed by atoms with Gasteiger partial charge in [-0.25, -0.2) is 0 Å². The maximum absolute atomic E-state index is 4.46. The highest BCUT2D eigenvalue weighted by atomic mass is 79.9. The molecule has 0 spiro atoms. The first kappa shape index (κ1) is 12.4. The van der Waals surface area contributed by atoms with Crippen LogP contribution in [0.2, 0.25) is 0 Å². The third kappa shape index (κ3) is 2.28. The lowest BCUT2D eigenvalue weighted by molar-refractivity contribution is 0.104. The topological polar surface area (TPSA) is 21.1 Å². The Hall–Kier alpha value is -0.610. The fraction of sp³-hybridized carbons (Fsp3) is 0.643. The van der Waals surface area contributed by atoms with Gasteiger partial charge in [-0.3, -0.25) is 9.58 Å². The van der Waals surface area contributed by atoms with Gasteiger partial charge < -0.3 is 0 Å². The predicted molar refractivity (Wildman–Crippen MR) is 76.5 cm³/mol. The molecule has 2 atom stereocenters. The third-order valence-electron chi connectivity index (χ3n) is 4.39. The molecule has 0 radical (unpaired) electrons. The van der Waals surface area contributed by atoms with Crippen molar-refractivity contribution in [2.24, 2.45) is 0 Å². The molecule has 2 saturated heterocycles. The molecule has 18 heavy (non-hydrogen) atoms. The van der Waals surface area contributed by atoms with Gasteiger partial charge in [0.15, 0.2) is 0 Å². The Balaban J connectivity index is 1.69. The van der Waals surface area contributed by atoms with E-state index >= 15 is 0 Å². The zero-order valence-electron chi connectivity index (χ0n) is 10.6. The van der Waals surface area contributed by atoms with Crippen molar-refractivity contribution in [3.05, 3.63) is 29.5 Å². The second kappa shape index (κ2) is 5.17. The van der Waals surface area contributed by atoms with Gasteiger partial charge in [-0.05, 0) is 48.0 Å². The quantitative estimate of drug-likeness (QED) is 0.795. The van der Waals surface area contributed by atoms with Gasteiger partial charge in [0.1, 0.15) is 0 Å². The highest BCUT2D eigenvalue weighted by Crippen LogP contribution is 2.40. The summed E-state index contributed by atoms with van der Waals surface area (Å²) in [5.74, 6) is 0. The lowest BCUT2D eigenvalue weighted by Crippen LogP contribution is -2.43. The van der Waals surface area contributed by atoms with E-state index in [2.05, 4.69) is 43.4 Å². The molecule has 98 valence electrons. The van der Waals surface area contributed by atoms with Crippen molar-refractivity contribution in [1.29, 1.82) is 0 Å². The average Bonchev–Trinajstić information content (AvgIpc) is 2.88. The molecule has 1 aromatic rings. The smallest absolute Gasteiger partial charge is 0.0632 e. The first-order valence-corrected chi connectivity index (χ1v) is 7.63. The fourth-order valence-corrected chi connectivity index (χ4v) is 3.88. The fourth-order valence-electron chi connectivity index (χ4n) is 3.58. The van der Waals surface area contributed by atoms with Crippen LogP contribution in [0.25, 0.3) is 0 Å². The lowest BCUT2D eigenvalue weighted by Gasteiger charge is -2.38. The van der Waals surface area contributed by atoms with Crippen molar-refractivity contribution in [3.8, 4) is 0 Å².